The highest BCUT2D eigenvalue weighted by Gasteiger charge is 2.24. The third-order valence-electron chi connectivity index (χ3n) is 4.93. The van der Waals surface area contributed by atoms with Gasteiger partial charge in [0.1, 0.15) is 0 Å². The van der Waals surface area contributed by atoms with Crippen LogP contribution in [0.1, 0.15) is 29.3 Å². The summed E-state index contributed by atoms with van der Waals surface area (Å²) in [5.41, 5.74) is 3.91. The minimum atomic E-state index is 0.710. The Bertz CT molecular complexity index is 960. The second-order valence-electron chi connectivity index (χ2n) is 7.02. The largest absolute Gasteiger partial charge is 0.298 e. The van der Waals surface area contributed by atoms with Crippen LogP contribution in [0.2, 0.25) is 5.02 Å². The van der Waals surface area contributed by atoms with Gasteiger partial charge in [0.05, 0.1) is 0 Å². The topological polar surface area (TPSA) is 30.7 Å². The van der Waals surface area contributed by atoms with Crippen molar-refractivity contribution in [2.45, 2.75) is 43.6 Å². The van der Waals surface area contributed by atoms with Gasteiger partial charge in [-0.1, -0.05) is 48.5 Å². The first-order valence-electron chi connectivity index (χ1n) is 9.16. The monoisotopic (exact) mass is 415 g/mol. The predicted molar refractivity (Wildman–Crippen MR) is 116 cm³/mol. The first-order valence-corrected chi connectivity index (χ1v) is 11.4. The molecule has 1 aromatic carbocycles. The molecule has 2 aromatic heterocycles. The summed E-state index contributed by atoms with van der Waals surface area (Å²) in [4.78, 5) is 1.52. The molecule has 4 rings (SSSR count). The Hall–Kier alpha value is -1.56. The molecular formula is C21H22ClN3S2. The van der Waals surface area contributed by atoms with Crippen LogP contribution in [0, 0.1) is 5.92 Å². The van der Waals surface area contributed by atoms with E-state index >= 15 is 0 Å². The summed E-state index contributed by atoms with van der Waals surface area (Å²) in [7, 11) is 0. The fraction of sp³-hybridized carbons (Fsp3) is 0.333. The van der Waals surface area contributed by atoms with Crippen molar-refractivity contribution in [2.24, 2.45) is 5.92 Å². The minimum Gasteiger partial charge on any atom is -0.298 e. The van der Waals surface area contributed by atoms with Crippen LogP contribution in [0.25, 0.3) is 11.4 Å². The number of allylic oxidation sites excluding steroid dienone is 1. The van der Waals surface area contributed by atoms with E-state index in [4.69, 9.17) is 11.6 Å². The van der Waals surface area contributed by atoms with E-state index in [2.05, 4.69) is 39.7 Å². The zero-order valence-corrected chi connectivity index (χ0v) is 17.7. The molecule has 1 aliphatic carbocycles. The van der Waals surface area contributed by atoms with Crippen LogP contribution in [0.15, 0.2) is 47.5 Å². The molecule has 3 aromatic rings. The van der Waals surface area contributed by atoms with Gasteiger partial charge in [0, 0.05) is 33.1 Å². The number of rotatable bonds is 6. The zero-order chi connectivity index (χ0) is 18.8. The molecule has 0 saturated heterocycles. The van der Waals surface area contributed by atoms with Crippen molar-refractivity contribution in [3.05, 3.63) is 63.3 Å². The van der Waals surface area contributed by atoms with E-state index in [1.165, 1.54) is 34.4 Å². The van der Waals surface area contributed by atoms with E-state index in [1.54, 1.807) is 11.8 Å². The van der Waals surface area contributed by atoms with Crippen molar-refractivity contribution in [3.63, 3.8) is 0 Å². The molecule has 1 atom stereocenters. The first-order chi connectivity index (χ1) is 13.2. The Kier molecular flexibility index (Phi) is 5.71. The number of hydrogen-bond acceptors (Lipinski definition) is 4. The molecule has 140 valence electrons. The van der Waals surface area contributed by atoms with Crippen molar-refractivity contribution < 1.29 is 0 Å². The second kappa shape index (κ2) is 8.21. The molecule has 0 spiro atoms. The number of benzene rings is 1. The third-order valence-corrected chi connectivity index (χ3v) is 7.25. The number of nitrogens with zero attached hydrogens (tertiary/aromatic N) is 3. The van der Waals surface area contributed by atoms with Crippen molar-refractivity contribution in [2.75, 3.05) is 0 Å². The van der Waals surface area contributed by atoms with Gasteiger partial charge in [-0.25, -0.2) is 0 Å². The Balaban J connectivity index is 1.62. The minimum absolute atomic E-state index is 0.710. The number of aromatic nitrogens is 3. The normalized spacial score (nSPS) is 16.3. The van der Waals surface area contributed by atoms with Crippen LogP contribution < -0.4 is 0 Å². The van der Waals surface area contributed by atoms with Crippen molar-refractivity contribution in [3.8, 4) is 11.4 Å². The Morgan fingerprint density at radius 1 is 1.41 bits per heavy atom. The summed E-state index contributed by atoms with van der Waals surface area (Å²) < 4.78 is 2.18. The summed E-state index contributed by atoms with van der Waals surface area (Å²) in [5, 5.41) is 13.0. The summed E-state index contributed by atoms with van der Waals surface area (Å²) in [6, 6.07) is 7.97. The molecule has 1 aliphatic rings. The van der Waals surface area contributed by atoms with Crippen LogP contribution in [-0.4, -0.2) is 14.8 Å². The van der Waals surface area contributed by atoms with E-state index in [0.29, 0.717) is 6.54 Å². The fourth-order valence-corrected chi connectivity index (χ4v) is 5.87. The lowest BCUT2D eigenvalue weighted by atomic mass is 9.88. The van der Waals surface area contributed by atoms with Gasteiger partial charge in [-0.05, 0) is 48.4 Å². The quantitative estimate of drug-likeness (QED) is 0.351. The lowest BCUT2D eigenvalue weighted by Gasteiger charge is -2.19. The van der Waals surface area contributed by atoms with Gasteiger partial charge in [-0.3, -0.25) is 4.57 Å². The summed E-state index contributed by atoms with van der Waals surface area (Å²) in [6.45, 7) is 6.98. The molecular weight excluding hydrogens is 394 g/mol. The van der Waals surface area contributed by atoms with Crippen LogP contribution in [-0.2, 0) is 25.1 Å². The predicted octanol–water partition coefficient (Wildman–Crippen LogP) is 6.26. The van der Waals surface area contributed by atoms with Gasteiger partial charge in [-0.2, -0.15) is 0 Å². The molecule has 0 aliphatic heterocycles. The smallest absolute Gasteiger partial charge is 0.192 e. The molecule has 6 heteroatoms. The fourth-order valence-electron chi connectivity index (χ4n) is 3.53. The standard InChI is InChI=1S/C21H22ClN3S2/c1-3-9-25-20(18-13-26-19-10-14(2)7-8-17(18)19)23-24-21(25)27-12-15-5-4-6-16(22)11-15/h3-6,11,13-14H,1,7-10,12H2,2H3. The molecule has 0 fully saturated rings. The lowest BCUT2D eigenvalue weighted by Crippen LogP contribution is -2.10. The van der Waals surface area contributed by atoms with Gasteiger partial charge in [-0.15, -0.1) is 28.1 Å². The van der Waals surface area contributed by atoms with E-state index in [9.17, 15) is 0 Å². The summed E-state index contributed by atoms with van der Waals surface area (Å²) >= 11 is 9.66. The molecule has 0 bridgehead atoms. The summed E-state index contributed by atoms with van der Waals surface area (Å²) in [5.74, 6) is 2.56. The maximum Gasteiger partial charge on any atom is 0.192 e. The maximum absolute atomic E-state index is 6.10. The molecule has 0 saturated carbocycles. The molecule has 0 N–H and O–H groups in total. The third kappa shape index (κ3) is 4.00. The SMILES string of the molecule is C=CCn1c(SCc2cccc(Cl)c2)nnc1-c1csc2c1CCC(C)C2. The van der Waals surface area contributed by atoms with Crippen LogP contribution >= 0.6 is 34.7 Å². The van der Waals surface area contributed by atoms with Crippen LogP contribution in [0.5, 0.6) is 0 Å². The lowest BCUT2D eigenvalue weighted by molar-refractivity contribution is 0.508. The molecule has 2 heterocycles. The van der Waals surface area contributed by atoms with E-state index in [0.717, 1.165) is 34.1 Å². The van der Waals surface area contributed by atoms with Gasteiger partial charge >= 0.3 is 0 Å². The number of halogens is 1. The summed E-state index contributed by atoms with van der Waals surface area (Å²) in [6.07, 6.45) is 5.49. The average Bonchev–Trinajstić information content (AvgIpc) is 3.24. The Labute approximate surface area is 173 Å². The zero-order valence-electron chi connectivity index (χ0n) is 15.3. The van der Waals surface area contributed by atoms with Gasteiger partial charge in [0.25, 0.3) is 0 Å². The number of thioether (sulfide) groups is 1. The molecule has 27 heavy (non-hydrogen) atoms. The molecule has 1 unspecified atom stereocenters. The molecule has 0 amide bonds. The Morgan fingerprint density at radius 3 is 3.11 bits per heavy atom. The number of hydrogen-bond donors (Lipinski definition) is 0. The number of fused-ring (bicyclic) bond motifs is 1. The Morgan fingerprint density at radius 2 is 2.30 bits per heavy atom. The van der Waals surface area contributed by atoms with Gasteiger partial charge in [0.2, 0.25) is 0 Å². The highest BCUT2D eigenvalue weighted by Crippen LogP contribution is 2.38. The van der Waals surface area contributed by atoms with E-state index < -0.39 is 0 Å². The first kappa shape index (κ1) is 18.8. The van der Waals surface area contributed by atoms with E-state index in [-0.39, 0.29) is 0 Å². The van der Waals surface area contributed by atoms with Crippen molar-refractivity contribution >= 4 is 34.7 Å². The second-order valence-corrected chi connectivity index (χ2v) is 9.37. The molecule has 0 radical (unpaired) electrons. The highest BCUT2D eigenvalue weighted by atomic mass is 35.5. The van der Waals surface area contributed by atoms with Crippen molar-refractivity contribution in [1.29, 1.82) is 0 Å². The van der Waals surface area contributed by atoms with Crippen LogP contribution in [0.3, 0.4) is 0 Å². The van der Waals surface area contributed by atoms with Gasteiger partial charge in [0.15, 0.2) is 11.0 Å². The maximum atomic E-state index is 6.10. The average molecular weight is 416 g/mol. The van der Waals surface area contributed by atoms with Gasteiger partial charge < -0.3 is 0 Å². The molecule has 3 nitrogen and oxygen atoms in total. The van der Waals surface area contributed by atoms with E-state index in [1.807, 2.05) is 35.6 Å². The number of thiophene rings is 1. The highest BCUT2D eigenvalue weighted by molar-refractivity contribution is 7.98. The van der Waals surface area contributed by atoms with Crippen LogP contribution in [0.4, 0.5) is 0 Å². The van der Waals surface area contributed by atoms with Crippen molar-refractivity contribution in [1.82, 2.24) is 14.8 Å².